The lowest BCUT2D eigenvalue weighted by Crippen LogP contribution is -2.13. The van der Waals surface area contributed by atoms with E-state index in [1.807, 2.05) is 23.9 Å². The lowest BCUT2D eigenvalue weighted by atomic mass is 9.94. The molecule has 0 radical (unpaired) electrons. The van der Waals surface area contributed by atoms with Crippen LogP contribution in [0.5, 0.6) is 0 Å². The predicted octanol–water partition coefficient (Wildman–Crippen LogP) is 4.90. The molecule has 1 amide bonds. The standard InChI is InChI=1S/C20H18ClN3O3S/c1-11-17-14(25)4-3-5-15(17)27-18(11)19(26)23-13-10-12(21)6-7-16(13)28-20-22-8-9-24(20)2/h6-10H,3-5H2,1-2H3,(H,23,26). The Labute approximate surface area is 171 Å². The van der Waals surface area contributed by atoms with Crippen molar-refractivity contribution in [3.63, 3.8) is 0 Å². The summed E-state index contributed by atoms with van der Waals surface area (Å²) >= 11 is 7.56. The summed E-state index contributed by atoms with van der Waals surface area (Å²) in [7, 11) is 1.90. The third-order valence-corrected chi connectivity index (χ3v) is 6.07. The summed E-state index contributed by atoms with van der Waals surface area (Å²) in [6.45, 7) is 1.75. The highest BCUT2D eigenvalue weighted by Crippen LogP contribution is 2.35. The number of aromatic nitrogens is 2. The highest BCUT2D eigenvalue weighted by Gasteiger charge is 2.29. The third-order valence-electron chi connectivity index (χ3n) is 4.68. The molecule has 0 aliphatic heterocycles. The maximum absolute atomic E-state index is 12.9. The molecule has 0 unspecified atom stereocenters. The summed E-state index contributed by atoms with van der Waals surface area (Å²) in [6.07, 6.45) is 5.48. The molecule has 4 rings (SSSR count). The lowest BCUT2D eigenvalue weighted by molar-refractivity contribution is 0.0963. The topological polar surface area (TPSA) is 77.1 Å². The van der Waals surface area contributed by atoms with Crippen LogP contribution in [-0.2, 0) is 13.5 Å². The number of rotatable bonds is 4. The number of carbonyl (C=O) groups excluding carboxylic acids is 2. The predicted molar refractivity (Wildman–Crippen MR) is 107 cm³/mol. The van der Waals surface area contributed by atoms with Gasteiger partial charge in [-0.25, -0.2) is 4.98 Å². The third kappa shape index (κ3) is 3.47. The number of nitrogens with one attached hydrogen (secondary N) is 1. The Morgan fingerprint density at radius 1 is 1.36 bits per heavy atom. The summed E-state index contributed by atoms with van der Waals surface area (Å²) in [6, 6.07) is 5.28. The van der Waals surface area contributed by atoms with Crippen molar-refractivity contribution >= 4 is 40.7 Å². The van der Waals surface area contributed by atoms with Gasteiger partial charge in [0.15, 0.2) is 16.7 Å². The number of hydrogen-bond donors (Lipinski definition) is 1. The second kappa shape index (κ2) is 7.48. The highest BCUT2D eigenvalue weighted by molar-refractivity contribution is 7.99. The van der Waals surface area contributed by atoms with Gasteiger partial charge in [0.05, 0.1) is 11.3 Å². The Kier molecular flexibility index (Phi) is 5.03. The molecule has 28 heavy (non-hydrogen) atoms. The van der Waals surface area contributed by atoms with Crippen LogP contribution in [-0.4, -0.2) is 21.2 Å². The van der Waals surface area contributed by atoms with Crippen LogP contribution in [0.1, 0.15) is 45.1 Å². The summed E-state index contributed by atoms with van der Waals surface area (Å²) < 4.78 is 7.64. The molecular formula is C20H18ClN3O3S. The van der Waals surface area contributed by atoms with Gasteiger partial charge in [-0.1, -0.05) is 11.6 Å². The van der Waals surface area contributed by atoms with Gasteiger partial charge >= 0.3 is 0 Å². The minimum Gasteiger partial charge on any atom is -0.455 e. The van der Waals surface area contributed by atoms with E-state index in [2.05, 4.69) is 10.3 Å². The molecule has 1 aromatic carbocycles. The summed E-state index contributed by atoms with van der Waals surface area (Å²) in [4.78, 5) is 30.2. The number of benzene rings is 1. The van der Waals surface area contributed by atoms with E-state index in [4.69, 9.17) is 16.0 Å². The van der Waals surface area contributed by atoms with Crippen LogP contribution < -0.4 is 5.32 Å². The normalized spacial score (nSPS) is 13.5. The lowest BCUT2D eigenvalue weighted by Gasteiger charge is -2.11. The van der Waals surface area contributed by atoms with Crippen LogP contribution in [0.2, 0.25) is 5.02 Å². The van der Waals surface area contributed by atoms with Crippen molar-refractivity contribution in [2.45, 2.75) is 36.2 Å². The number of amides is 1. The van der Waals surface area contributed by atoms with Gasteiger partial charge in [-0.2, -0.15) is 0 Å². The number of Topliss-reactive ketones (excluding diaryl/α,β-unsaturated/α-hetero) is 1. The van der Waals surface area contributed by atoms with E-state index in [1.165, 1.54) is 11.8 Å². The Morgan fingerprint density at radius 3 is 2.89 bits per heavy atom. The van der Waals surface area contributed by atoms with Gasteiger partial charge in [0, 0.05) is 47.8 Å². The average Bonchev–Trinajstić information content (AvgIpc) is 3.21. The molecule has 0 saturated carbocycles. The molecule has 0 saturated heterocycles. The van der Waals surface area contributed by atoms with E-state index >= 15 is 0 Å². The van der Waals surface area contributed by atoms with E-state index in [0.717, 1.165) is 16.5 Å². The Balaban J connectivity index is 1.64. The molecule has 1 aliphatic rings. The fraction of sp³-hybridized carbons (Fsp3) is 0.250. The van der Waals surface area contributed by atoms with Gasteiger partial charge in [0.1, 0.15) is 5.76 Å². The molecular weight excluding hydrogens is 398 g/mol. The van der Waals surface area contributed by atoms with Gasteiger partial charge in [-0.15, -0.1) is 0 Å². The molecule has 8 heteroatoms. The maximum atomic E-state index is 12.9. The van der Waals surface area contributed by atoms with Crippen molar-refractivity contribution in [3.05, 3.63) is 58.3 Å². The van der Waals surface area contributed by atoms with Crippen LogP contribution in [0, 0.1) is 6.92 Å². The molecule has 1 aliphatic carbocycles. The first-order chi connectivity index (χ1) is 13.4. The quantitative estimate of drug-likeness (QED) is 0.655. The first-order valence-corrected chi connectivity index (χ1v) is 10.0. The van der Waals surface area contributed by atoms with Gasteiger partial charge in [-0.3, -0.25) is 9.59 Å². The smallest absolute Gasteiger partial charge is 0.291 e. The fourth-order valence-electron chi connectivity index (χ4n) is 3.28. The number of ketones is 1. The van der Waals surface area contributed by atoms with Crippen molar-refractivity contribution in [2.75, 3.05) is 5.32 Å². The van der Waals surface area contributed by atoms with Gasteiger partial charge in [0.25, 0.3) is 5.91 Å². The SMILES string of the molecule is Cc1c(C(=O)Nc2cc(Cl)ccc2Sc2nccn2C)oc2c1C(=O)CCC2. The number of imidazole rings is 1. The van der Waals surface area contributed by atoms with E-state index in [0.29, 0.717) is 40.4 Å². The molecule has 2 aromatic heterocycles. The van der Waals surface area contributed by atoms with Crippen LogP contribution in [0.25, 0.3) is 0 Å². The molecule has 0 spiro atoms. The van der Waals surface area contributed by atoms with Crippen LogP contribution in [0.4, 0.5) is 5.69 Å². The highest BCUT2D eigenvalue weighted by atomic mass is 35.5. The first kappa shape index (κ1) is 18.8. The molecule has 0 atom stereocenters. The van der Waals surface area contributed by atoms with Crippen molar-refractivity contribution in [1.29, 1.82) is 0 Å². The largest absolute Gasteiger partial charge is 0.455 e. The molecule has 2 heterocycles. The number of fused-ring (bicyclic) bond motifs is 1. The van der Waals surface area contributed by atoms with E-state index < -0.39 is 5.91 Å². The van der Waals surface area contributed by atoms with Crippen LogP contribution in [0.15, 0.2) is 45.1 Å². The number of anilines is 1. The van der Waals surface area contributed by atoms with Gasteiger partial charge in [0.2, 0.25) is 0 Å². The summed E-state index contributed by atoms with van der Waals surface area (Å²) in [5.41, 5.74) is 1.72. The van der Waals surface area contributed by atoms with Gasteiger partial charge in [-0.05, 0) is 43.3 Å². The number of carbonyl (C=O) groups is 2. The van der Waals surface area contributed by atoms with Gasteiger partial charge < -0.3 is 14.3 Å². The molecule has 0 bridgehead atoms. The molecule has 6 nitrogen and oxygen atoms in total. The van der Waals surface area contributed by atoms with E-state index in [-0.39, 0.29) is 11.5 Å². The Bertz CT molecular complexity index is 1090. The Morgan fingerprint density at radius 2 is 2.18 bits per heavy atom. The van der Waals surface area contributed by atoms with Crippen molar-refractivity contribution in [3.8, 4) is 0 Å². The first-order valence-electron chi connectivity index (χ1n) is 8.85. The van der Waals surface area contributed by atoms with Crippen LogP contribution in [0.3, 0.4) is 0 Å². The number of furan rings is 1. The minimum absolute atomic E-state index is 0.0373. The molecule has 1 N–H and O–H groups in total. The molecule has 144 valence electrons. The fourth-order valence-corrected chi connectivity index (χ4v) is 4.33. The average molecular weight is 416 g/mol. The second-order valence-electron chi connectivity index (χ2n) is 6.65. The molecule has 3 aromatic rings. The second-order valence-corrected chi connectivity index (χ2v) is 8.09. The van der Waals surface area contributed by atoms with Crippen LogP contribution >= 0.6 is 23.4 Å². The zero-order valence-electron chi connectivity index (χ0n) is 15.4. The van der Waals surface area contributed by atoms with Crippen molar-refractivity contribution < 1.29 is 14.0 Å². The number of aryl methyl sites for hydroxylation is 2. The minimum atomic E-state index is -0.399. The Hall–Kier alpha value is -2.51. The number of hydrogen-bond acceptors (Lipinski definition) is 5. The number of nitrogens with zero attached hydrogens (tertiary/aromatic N) is 2. The summed E-state index contributed by atoms with van der Waals surface area (Å²) in [5, 5.41) is 4.17. The zero-order valence-corrected chi connectivity index (χ0v) is 17.0. The van der Waals surface area contributed by atoms with E-state index in [1.54, 1.807) is 25.3 Å². The molecule has 0 fully saturated rings. The zero-order chi connectivity index (χ0) is 19.8. The maximum Gasteiger partial charge on any atom is 0.291 e. The van der Waals surface area contributed by atoms with Crippen molar-refractivity contribution in [1.82, 2.24) is 9.55 Å². The van der Waals surface area contributed by atoms with Crippen molar-refractivity contribution in [2.24, 2.45) is 7.05 Å². The monoisotopic (exact) mass is 415 g/mol. The van der Waals surface area contributed by atoms with E-state index in [9.17, 15) is 9.59 Å². The summed E-state index contributed by atoms with van der Waals surface area (Å²) in [5.74, 6) is 0.416. The number of halogens is 1.